The Labute approximate surface area is 128 Å². The van der Waals surface area contributed by atoms with Crippen LogP contribution in [0.4, 0.5) is 5.69 Å². The number of sulfone groups is 1. The molecule has 1 rings (SSSR count). The van der Waals surface area contributed by atoms with Crippen molar-refractivity contribution in [3.05, 3.63) is 29.3 Å². The van der Waals surface area contributed by atoms with Gasteiger partial charge in [-0.25, -0.2) is 8.42 Å². The molecule has 21 heavy (non-hydrogen) atoms. The Balaban J connectivity index is 2.80. The molecule has 0 fully saturated rings. The molecular weight excluding hydrogens is 316 g/mol. The van der Waals surface area contributed by atoms with E-state index in [1.54, 1.807) is 24.3 Å². The lowest BCUT2D eigenvalue weighted by atomic mass is 10.2. The summed E-state index contributed by atoms with van der Waals surface area (Å²) in [6, 6.07) is 5.70. The normalized spacial score (nSPS) is 12.5. The summed E-state index contributed by atoms with van der Waals surface area (Å²) in [5.74, 6) is -1.13. The number of anilines is 1. The minimum Gasteiger partial charge on any atom is -0.345 e. The predicted molar refractivity (Wildman–Crippen MR) is 82.0 cm³/mol. The highest BCUT2D eigenvalue weighted by Crippen LogP contribution is 2.20. The van der Waals surface area contributed by atoms with Crippen molar-refractivity contribution in [3.63, 3.8) is 0 Å². The van der Waals surface area contributed by atoms with Crippen molar-refractivity contribution in [2.24, 2.45) is 0 Å². The number of carbonyl (C=O) groups is 2. The molecule has 0 heterocycles. The lowest BCUT2D eigenvalue weighted by Crippen LogP contribution is -2.43. The van der Waals surface area contributed by atoms with Crippen LogP contribution in [0.2, 0.25) is 5.02 Å². The van der Waals surface area contributed by atoms with Gasteiger partial charge in [0.05, 0.1) is 16.5 Å². The molecular formula is C13H17ClN2O4S. The first kappa shape index (κ1) is 17.5. The van der Waals surface area contributed by atoms with E-state index in [4.69, 9.17) is 11.6 Å². The maximum atomic E-state index is 12.1. The van der Waals surface area contributed by atoms with Gasteiger partial charge in [0.1, 0.15) is 15.9 Å². The van der Waals surface area contributed by atoms with Gasteiger partial charge in [0, 0.05) is 13.2 Å². The summed E-state index contributed by atoms with van der Waals surface area (Å²) >= 11 is 5.93. The second-order valence-electron chi connectivity index (χ2n) is 4.64. The van der Waals surface area contributed by atoms with Crippen molar-refractivity contribution in [2.45, 2.75) is 19.4 Å². The Kier molecular flexibility index (Phi) is 6.17. The zero-order valence-electron chi connectivity index (χ0n) is 11.7. The van der Waals surface area contributed by atoms with Crippen molar-refractivity contribution in [1.29, 1.82) is 0 Å². The molecule has 0 bridgehead atoms. The van der Waals surface area contributed by atoms with Crippen LogP contribution in [0.15, 0.2) is 24.3 Å². The van der Waals surface area contributed by atoms with Gasteiger partial charge < -0.3 is 10.6 Å². The van der Waals surface area contributed by atoms with Crippen molar-refractivity contribution in [2.75, 3.05) is 17.3 Å². The van der Waals surface area contributed by atoms with Gasteiger partial charge in [-0.1, -0.05) is 23.7 Å². The molecule has 0 aromatic heterocycles. The third-order valence-electron chi connectivity index (χ3n) is 2.60. The summed E-state index contributed by atoms with van der Waals surface area (Å²) in [4.78, 5) is 23.3. The van der Waals surface area contributed by atoms with E-state index in [0.29, 0.717) is 10.7 Å². The zero-order chi connectivity index (χ0) is 16.0. The Morgan fingerprint density at radius 2 is 1.90 bits per heavy atom. The van der Waals surface area contributed by atoms with Crippen LogP contribution in [0.1, 0.15) is 13.3 Å². The highest BCUT2D eigenvalue weighted by molar-refractivity contribution is 7.90. The summed E-state index contributed by atoms with van der Waals surface area (Å²) in [6.07, 6.45) is 1.07. The van der Waals surface area contributed by atoms with Crippen molar-refractivity contribution >= 4 is 38.9 Å². The molecule has 1 aromatic rings. The molecule has 0 aliphatic rings. The monoisotopic (exact) mass is 332 g/mol. The maximum absolute atomic E-state index is 12.1. The molecule has 0 unspecified atom stereocenters. The van der Waals surface area contributed by atoms with Gasteiger partial charge in [-0.05, 0) is 18.6 Å². The summed E-state index contributed by atoms with van der Waals surface area (Å²) in [7, 11) is -3.23. The number of rotatable bonds is 6. The fourth-order valence-corrected chi connectivity index (χ4v) is 2.48. The topological polar surface area (TPSA) is 92.3 Å². The lowest BCUT2D eigenvalue weighted by molar-refractivity contribution is -0.125. The standard InChI is InChI=1S/C13H17ClN2O4S/c1-9(17)15-12(7-8-21(2,19)20)13(18)16-11-6-4-3-5-10(11)14/h3-6,12H,7-8H2,1-2H3,(H,15,17)(H,16,18)/t12-/m1/s1. The Morgan fingerprint density at radius 3 is 2.43 bits per heavy atom. The molecule has 0 radical (unpaired) electrons. The number of hydrogen-bond donors (Lipinski definition) is 2. The van der Waals surface area contributed by atoms with Crippen LogP contribution in [-0.4, -0.2) is 38.3 Å². The molecule has 0 aliphatic heterocycles. The minimum atomic E-state index is -3.23. The van der Waals surface area contributed by atoms with Gasteiger partial charge in [0.25, 0.3) is 0 Å². The van der Waals surface area contributed by atoms with Crippen LogP contribution < -0.4 is 10.6 Å². The molecule has 8 heteroatoms. The molecule has 1 aromatic carbocycles. The van der Waals surface area contributed by atoms with Crippen LogP contribution in [-0.2, 0) is 19.4 Å². The molecule has 0 spiro atoms. The van der Waals surface area contributed by atoms with Gasteiger partial charge in [-0.2, -0.15) is 0 Å². The zero-order valence-corrected chi connectivity index (χ0v) is 13.3. The quantitative estimate of drug-likeness (QED) is 0.819. The minimum absolute atomic E-state index is 0.00526. The Hall–Kier alpha value is -1.60. The van der Waals surface area contributed by atoms with Crippen molar-refractivity contribution in [1.82, 2.24) is 5.32 Å². The third-order valence-corrected chi connectivity index (χ3v) is 3.91. The summed E-state index contributed by atoms with van der Waals surface area (Å²) in [5, 5.41) is 5.36. The van der Waals surface area contributed by atoms with Gasteiger partial charge in [-0.3, -0.25) is 9.59 Å². The van der Waals surface area contributed by atoms with Crippen LogP contribution in [0.25, 0.3) is 0 Å². The number of halogens is 1. The van der Waals surface area contributed by atoms with E-state index in [0.717, 1.165) is 6.26 Å². The van der Waals surface area contributed by atoms with Crippen LogP contribution in [0.5, 0.6) is 0 Å². The average Bonchev–Trinajstić information content (AvgIpc) is 2.35. The average molecular weight is 333 g/mol. The van der Waals surface area contributed by atoms with Gasteiger partial charge >= 0.3 is 0 Å². The number of nitrogens with one attached hydrogen (secondary N) is 2. The fourth-order valence-electron chi connectivity index (χ4n) is 1.63. The highest BCUT2D eigenvalue weighted by Gasteiger charge is 2.21. The van der Waals surface area contributed by atoms with Crippen LogP contribution >= 0.6 is 11.6 Å². The number of hydrogen-bond acceptors (Lipinski definition) is 4. The molecule has 2 N–H and O–H groups in total. The SMILES string of the molecule is CC(=O)N[C@H](CCS(C)(=O)=O)C(=O)Nc1ccccc1Cl. The number of benzene rings is 1. The van der Waals surface area contributed by atoms with Crippen molar-refractivity contribution < 1.29 is 18.0 Å². The second-order valence-corrected chi connectivity index (χ2v) is 7.31. The summed E-state index contributed by atoms with van der Waals surface area (Å²) in [5.41, 5.74) is 0.402. The van der Waals surface area contributed by atoms with Crippen molar-refractivity contribution in [3.8, 4) is 0 Å². The van der Waals surface area contributed by atoms with E-state index < -0.39 is 27.7 Å². The number of carbonyl (C=O) groups excluding carboxylic acids is 2. The van der Waals surface area contributed by atoms with E-state index in [-0.39, 0.29) is 12.2 Å². The highest BCUT2D eigenvalue weighted by atomic mass is 35.5. The maximum Gasteiger partial charge on any atom is 0.247 e. The number of para-hydroxylation sites is 1. The first-order valence-corrected chi connectivity index (χ1v) is 8.63. The first-order chi connectivity index (χ1) is 9.69. The lowest BCUT2D eigenvalue weighted by Gasteiger charge is -2.17. The predicted octanol–water partition coefficient (Wildman–Crippen LogP) is 1.22. The van der Waals surface area contributed by atoms with Gasteiger partial charge in [0.2, 0.25) is 11.8 Å². The van der Waals surface area contributed by atoms with E-state index in [2.05, 4.69) is 10.6 Å². The summed E-state index contributed by atoms with van der Waals surface area (Å²) in [6.45, 7) is 1.26. The largest absolute Gasteiger partial charge is 0.345 e. The number of amides is 2. The van der Waals surface area contributed by atoms with E-state index >= 15 is 0 Å². The summed E-state index contributed by atoms with van der Waals surface area (Å²) < 4.78 is 22.4. The Morgan fingerprint density at radius 1 is 1.29 bits per heavy atom. The molecule has 0 aliphatic carbocycles. The van der Waals surface area contributed by atoms with Gasteiger partial charge in [0.15, 0.2) is 0 Å². The Bertz CT molecular complexity index is 631. The molecule has 2 amide bonds. The van der Waals surface area contributed by atoms with E-state index in [1.807, 2.05) is 0 Å². The van der Waals surface area contributed by atoms with Crippen LogP contribution in [0, 0.1) is 0 Å². The van der Waals surface area contributed by atoms with Crippen LogP contribution in [0.3, 0.4) is 0 Å². The molecule has 0 saturated carbocycles. The van der Waals surface area contributed by atoms with E-state index in [1.165, 1.54) is 6.92 Å². The molecule has 0 saturated heterocycles. The first-order valence-electron chi connectivity index (χ1n) is 6.19. The second kappa shape index (κ2) is 7.42. The third kappa shape index (κ3) is 6.59. The smallest absolute Gasteiger partial charge is 0.247 e. The van der Waals surface area contributed by atoms with Gasteiger partial charge in [-0.15, -0.1) is 0 Å². The fraction of sp³-hybridized carbons (Fsp3) is 0.385. The molecule has 1 atom stereocenters. The molecule has 6 nitrogen and oxygen atoms in total. The molecule has 116 valence electrons. The van der Waals surface area contributed by atoms with E-state index in [9.17, 15) is 18.0 Å².